The van der Waals surface area contributed by atoms with E-state index in [2.05, 4.69) is 16.0 Å². The summed E-state index contributed by atoms with van der Waals surface area (Å²) in [7, 11) is 0. The lowest BCUT2D eigenvalue weighted by Gasteiger charge is -2.20. The second-order valence-electron chi connectivity index (χ2n) is 9.80. The predicted molar refractivity (Wildman–Crippen MR) is 144 cm³/mol. The van der Waals surface area contributed by atoms with Crippen LogP contribution < -0.4 is 14.8 Å². The molecule has 0 saturated heterocycles. The van der Waals surface area contributed by atoms with E-state index in [1.54, 1.807) is 0 Å². The van der Waals surface area contributed by atoms with Gasteiger partial charge in [-0.1, -0.05) is 30.3 Å². The molecule has 7 heteroatoms. The van der Waals surface area contributed by atoms with Crippen molar-refractivity contribution in [1.29, 1.82) is 0 Å². The number of carbonyl (C=O) groups is 1. The van der Waals surface area contributed by atoms with Crippen molar-refractivity contribution in [2.75, 3.05) is 18.5 Å². The van der Waals surface area contributed by atoms with Gasteiger partial charge in [0.25, 0.3) is 0 Å². The fourth-order valence-electron chi connectivity index (χ4n) is 4.79. The number of aromatic nitrogens is 2. The molecule has 1 aromatic heterocycles. The summed E-state index contributed by atoms with van der Waals surface area (Å²) in [5, 5.41) is 3.01. The van der Waals surface area contributed by atoms with Crippen molar-refractivity contribution in [2.24, 2.45) is 0 Å². The molecular formula is C30H33N3O4. The van der Waals surface area contributed by atoms with E-state index in [0.29, 0.717) is 26.4 Å². The standard InChI is InChI=1S/C30H33N3O4/c1-5-35-16-15-33-24-12-7-6-11-23(24)31-26(33)19-36-22-10-8-9-21(17-22)18-37-25-14-13-20(2)28-27(25)30(3,4)29(34)32-28/h6-14,17H,5,15-16,18-19H2,1-4H3,(H,32,34). The molecular weight excluding hydrogens is 466 g/mol. The highest BCUT2D eigenvalue weighted by atomic mass is 16.5. The number of nitrogens with one attached hydrogen (secondary N) is 1. The fraction of sp³-hybridized carbons (Fsp3) is 0.333. The van der Waals surface area contributed by atoms with E-state index in [1.165, 1.54) is 0 Å². The van der Waals surface area contributed by atoms with Gasteiger partial charge in [0, 0.05) is 18.7 Å². The zero-order valence-corrected chi connectivity index (χ0v) is 21.8. The topological polar surface area (TPSA) is 74.6 Å². The number of nitrogens with zero attached hydrogens (tertiary/aromatic N) is 2. The molecule has 0 aliphatic carbocycles. The molecule has 0 radical (unpaired) electrons. The summed E-state index contributed by atoms with van der Waals surface area (Å²) in [6.07, 6.45) is 0. The fourth-order valence-corrected chi connectivity index (χ4v) is 4.79. The van der Waals surface area contributed by atoms with E-state index in [1.807, 2.05) is 82.3 Å². The molecule has 3 aromatic carbocycles. The number of benzene rings is 3. The lowest BCUT2D eigenvalue weighted by atomic mass is 9.85. The Morgan fingerprint density at radius 3 is 2.68 bits per heavy atom. The van der Waals surface area contributed by atoms with Crippen LogP contribution in [-0.2, 0) is 34.7 Å². The van der Waals surface area contributed by atoms with Crippen LogP contribution in [0.3, 0.4) is 0 Å². The zero-order chi connectivity index (χ0) is 26.0. The number of amides is 1. The molecule has 1 aliphatic rings. The van der Waals surface area contributed by atoms with Gasteiger partial charge < -0.3 is 24.1 Å². The van der Waals surface area contributed by atoms with Crippen LogP contribution >= 0.6 is 0 Å². The third-order valence-electron chi connectivity index (χ3n) is 6.86. The highest BCUT2D eigenvalue weighted by molar-refractivity contribution is 6.07. The number of fused-ring (bicyclic) bond motifs is 2. The van der Waals surface area contributed by atoms with Crippen LogP contribution in [0, 0.1) is 6.92 Å². The minimum atomic E-state index is -0.644. The molecule has 37 heavy (non-hydrogen) atoms. The Bertz CT molecular complexity index is 1440. The van der Waals surface area contributed by atoms with Crippen LogP contribution in [0.1, 0.15) is 43.3 Å². The maximum atomic E-state index is 12.5. The summed E-state index contributed by atoms with van der Waals surface area (Å²) in [5.74, 6) is 2.32. The van der Waals surface area contributed by atoms with E-state index >= 15 is 0 Å². The van der Waals surface area contributed by atoms with Gasteiger partial charge in [-0.25, -0.2) is 4.98 Å². The molecule has 0 saturated carbocycles. The number of rotatable bonds is 10. The summed E-state index contributed by atoms with van der Waals surface area (Å²) in [4.78, 5) is 17.3. The Kier molecular flexibility index (Phi) is 6.89. The van der Waals surface area contributed by atoms with Gasteiger partial charge in [-0.3, -0.25) is 4.79 Å². The number of carbonyl (C=O) groups excluding carboxylic acids is 1. The number of hydrogen-bond acceptors (Lipinski definition) is 5. The van der Waals surface area contributed by atoms with Gasteiger partial charge in [0.15, 0.2) is 0 Å². The highest BCUT2D eigenvalue weighted by Crippen LogP contribution is 2.45. The number of ether oxygens (including phenoxy) is 3. The van der Waals surface area contributed by atoms with Gasteiger partial charge in [0.05, 0.1) is 28.7 Å². The van der Waals surface area contributed by atoms with Crippen molar-refractivity contribution >= 4 is 22.6 Å². The largest absolute Gasteiger partial charge is 0.489 e. The first kappa shape index (κ1) is 24.8. The number of aryl methyl sites for hydroxylation is 1. The Labute approximate surface area is 217 Å². The molecule has 5 rings (SSSR count). The first-order valence-corrected chi connectivity index (χ1v) is 12.7. The summed E-state index contributed by atoms with van der Waals surface area (Å²) >= 11 is 0. The molecule has 2 heterocycles. The van der Waals surface area contributed by atoms with Crippen LogP contribution in [0.5, 0.6) is 11.5 Å². The van der Waals surface area contributed by atoms with Gasteiger partial charge in [0.2, 0.25) is 5.91 Å². The molecule has 0 fully saturated rings. The summed E-state index contributed by atoms with van der Waals surface area (Å²) in [6, 6.07) is 19.9. The molecule has 0 unspecified atom stereocenters. The van der Waals surface area contributed by atoms with Crippen molar-refractivity contribution < 1.29 is 19.0 Å². The van der Waals surface area contributed by atoms with E-state index in [0.717, 1.165) is 57.3 Å². The monoisotopic (exact) mass is 499 g/mol. The number of anilines is 1. The van der Waals surface area contributed by atoms with Crippen molar-refractivity contribution in [3.05, 3.63) is 83.2 Å². The Morgan fingerprint density at radius 1 is 1.00 bits per heavy atom. The lowest BCUT2D eigenvalue weighted by molar-refractivity contribution is -0.119. The first-order valence-electron chi connectivity index (χ1n) is 12.7. The number of imidazole rings is 1. The molecule has 1 amide bonds. The average Bonchev–Trinajstić information content (AvgIpc) is 3.37. The zero-order valence-electron chi connectivity index (χ0n) is 21.8. The molecule has 4 aromatic rings. The second kappa shape index (κ2) is 10.3. The predicted octanol–water partition coefficient (Wildman–Crippen LogP) is 5.77. The van der Waals surface area contributed by atoms with Gasteiger partial charge in [-0.15, -0.1) is 0 Å². The van der Waals surface area contributed by atoms with Crippen molar-refractivity contribution in [3.63, 3.8) is 0 Å². The van der Waals surface area contributed by atoms with Crippen LogP contribution in [0.4, 0.5) is 5.69 Å². The smallest absolute Gasteiger partial charge is 0.234 e. The highest BCUT2D eigenvalue weighted by Gasteiger charge is 2.41. The second-order valence-corrected chi connectivity index (χ2v) is 9.80. The minimum absolute atomic E-state index is 0.00988. The van der Waals surface area contributed by atoms with E-state index in [4.69, 9.17) is 19.2 Å². The quantitative estimate of drug-likeness (QED) is 0.281. The van der Waals surface area contributed by atoms with E-state index < -0.39 is 5.41 Å². The van der Waals surface area contributed by atoms with E-state index in [9.17, 15) is 4.79 Å². The molecule has 1 N–H and O–H groups in total. The number of para-hydroxylation sites is 2. The van der Waals surface area contributed by atoms with Crippen molar-refractivity contribution in [3.8, 4) is 11.5 Å². The Balaban J connectivity index is 1.30. The third kappa shape index (κ3) is 4.91. The summed E-state index contributed by atoms with van der Waals surface area (Å²) in [6.45, 7) is 10.6. The molecule has 7 nitrogen and oxygen atoms in total. The summed E-state index contributed by atoms with van der Waals surface area (Å²) in [5.41, 5.74) is 5.16. The minimum Gasteiger partial charge on any atom is -0.489 e. The molecule has 0 atom stereocenters. The SMILES string of the molecule is CCOCCn1c(COc2cccc(COc3ccc(C)c4c3C(C)(C)C(=O)N4)c2)nc2ccccc21. The maximum Gasteiger partial charge on any atom is 0.234 e. The lowest BCUT2D eigenvalue weighted by Crippen LogP contribution is -2.27. The Morgan fingerprint density at radius 2 is 1.84 bits per heavy atom. The van der Waals surface area contributed by atoms with Crippen LogP contribution in [0.15, 0.2) is 60.7 Å². The van der Waals surface area contributed by atoms with Crippen molar-refractivity contribution in [2.45, 2.75) is 52.9 Å². The molecule has 0 spiro atoms. The molecule has 192 valence electrons. The average molecular weight is 500 g/mol. The first-order chi connectivity index (χ1) is 17.9. The van der Waals surface area contributed by atoms with Crippen LogP contribution in [0.2, 0.25) is 0 Å². The molecule has 0 bridgehead atoms. The normalized spacial score (nSPS) is 14.0. The molecule has 1 aliphatic heterocycles. The summed E-state index contributed by atoms with van der Waals surface area (Å²) < 4.78 is 20.1. The van der Waals surface area contributed by atoms with Gasteiger partial charge in [0.1, 0.15) is 30.5 Å². The van der Waals surface area contributed by atoms with Gasteiger partial charge in [-0.05, 0) is 69.2 Å². The van der Waals surface area contributed by atoms with Crippen LogP contribution in [0.25, 0.3) is 11.0 Å². The van der Waals surface area contributed by atoms with Crippen LogP contribution in [-0.4, -0.2) is 28.7 Å². The van der Waals surface area contributed by atoms with E-state index in [-0.39, 0.29) is 5.91 Å². The third-order valence-corrected chi connectivity index (χ3v) is 6.86. The van der Waals surface area contributed by atoms with Gasteiger partial charge >= 0.3 is 0 Å². The van der Waals surface area contributed by atoms with Gasteiger partial charge in [-0.2, -0.15) is 0 Å². The Hall–Kier alpha value is -3.84. The maximum absolute atomic E-state index is 12.5. The number of hydrogen-bond donors (Lipinski definition) is 1. The van der Waals surface area contributed by atoms with Crippen molar-refractivity contribution in [1.82, 2.24) is 9.55 Å².